The van der Waals surface area contributed by atoms with Gasteiger partial charge in [-0.1, -0.05) is 46.3 Å². The minimum absolute atomic E-state index is 0.252. The van der Waals surface area contributed by atoms with Crippen LogP contribution in [0, 0.1) is 0 Å². The minimum atomic E-state index is 0.252. The number of ketones is 1. The average molecular weight is 321 g/mol. The second-order valence-corrected chi connectivity index (χ2v) is 5.91. The van der Waals surface area contributed by atoms with E-state index in [9.17, 15) is 4.79 Å². The van der Waals surface area contributed by atoms with Crippen molar-refractivity contribution < 1.29 is 4.79 Å². The molecular formula is C15H13BrOS. The summed E-state index contributed by atoms with van der Waals surface area (Å²) in [5, 5.41) is 0. The molecule has 0 N–H and O–H groups in total. The first-order valence-corrected chi connectivity index (χ1v) is 7.46. The van der Waals surface area contributed by atoms with E-state index in [1.165, 1.54) is 0 Å². The van der Waals surface area contributed by atoms with Crippen LogP contribution < -0.4 is 0 Å². The molecule has 0 aliphatic rings. The molecule has 0 fully saturated rings. The van der Waals surface area contributed by atoms with E-state index in [2.05, 4.69) is 15.9 Å². The molecule has 0 saturated heterocycles. The third-order valence-electron chi connectivity index (χ3n) is 2.43. The maximum Gasteiger partial charge on any atom is 0.147 e. The summed E-state index contributed by atoms with van der Waals surface area (Å²) in [5.74, 6) is 0.776. The van der Waals surface area contributed by atoms with Gasteiger partial charge in [-0.05, 0) is 29.8 Å². The first-order valence-electron chi connectivity index (χ1n) is 5.68. The van der Waals surface area contributed by atoms with Crippen molar-refractivity contribution in [3.05, 3.63) is 64.6 Å². The van der Waals surface area contributed by atoms with Crippen molar-refractivity contribution in [1.29, 1.82) is 0 Å². The Kier molecular flexibility index (Phi) is 5.02. The Morgan fingerprint density at radius 1 is 1.06 bits per heavy atom. The van der Waals surface area contributed by atoms with Crippen molar-refractivity contribution in [2.24, 2.45) is 0 Å². The number of hydrogen-bond acceptors (Lipinski definition) is 2. The third kappa shape index (κ3) is 4.31. The Morgan fingerprint density at radius 2 is 1.83 bits per heavy atom. The highest BCUT2D eigenvalue weighted by Gasteiger charge is 2.05. The second kappa shape index (κ2) is 6.76. The van der Waals surface area contributed by atoms with Crippen molar-refractivity contribution in [2.75, 3.05) is 5.75 Å². The lowest BCUT2D eigenvalue weighted by molar-refractivity contribution is -0.116. The molecule has 0 amide bonds. The Balaban J connectivity index is 1.86. The van der Waals surface area contributed by atoms with Gasteiger partial charge in [0.05, 0.1) is 5.75 Å². The zero-order valence-corrected chi connectivity index (χ0v) is 12.2. The van der Waals surface area contributed by atoms with E-state index in [0.29, 0.717) is 12.2 Å². The van der Waals surface area contributed by atoms with Gasteiger partial charge in [-0.2, -0.15) is 0 Å². The van der Waals surface area contributed by atoms with E-state index in [-0.39, 0.29) is 5.78 Å². The van der Waals surface area contributed by atoms with Crippen molar-refractivity contribution in [3.8, 4) is 0 Å². The van der Waals surface area contributed by atoms with Gasteiger partial charge in [0.2, 0.25) is 0 Å². The van der Waals surface area contributed by atoms with E-state index < -0.39 is 0 Å². The van der Waals surface area contributed by atoms with Crippen LogP contribution in [0.25, 0.3) is 0 Å². The SMILES string of the molecule is O=C(CSc1ccccc1)Cc1cccc(Br)c1. The number of rotatable bonds is 5. The van der Waals surface area contributed by atoms with Gasteiger partial charge in [-0.3, -0.25) is 4.79 Å². The smallest absolute Gasteiger partial charge is 0.147 e. The van der Waals surface area contributed by atoms with Crippen molar-refractivity contribution >= 4 is 33.5 Å². The highest BCUT2D eigenvalue weighted by atomic mass is 79.9. The zero-order chi connectivity index (χ0) is 12.8. The molecular weight excluding hydrogens is 308 g/mol. The molecule has 0 aliphatic heterocycles. The van der Waals surface area contributed by atoms with Gasteiger partial charge in [0.25, 0.3) is 0 Å². The fourth-order valence-electron chi connectivity index (χ4n) is 1.61. The molecule has 3 heteroatoms. The fourth-order valence-corrected chi connectivity index (χ4v) is 2.83. The van der Waals surface area contributed by atoms with E-state index in [1.807, 2.05) is 54.6 Å². The molecule has 0 aromatic heterocycles. The lowest BCUT2D eigenvalue weighted by atomic mass is 10.1. The summed E-state index contributed by atoms with van der Waals surface area (Å²) >= 11 is 5.00. The lowest BCUT2D eigenvalue weighted by Crippen LogP contribution is -2.05. The fraction of sp³-hybridized carbons (Fsp3) is 0.133. The molecule has 0 radical (unpaired) electrons. The second-order valence-electron chi connectivity index (χ2n) is 3.95. The predicted octanol–water partition coefficient (Wildman–Crippen LogP) is 4.35. The summed E-state index contributed by atoms with van der Waals surface area (Å²) in [6.45, 7) is 0. The quantitative estimate of drug-likeness (QED) is 0.762. The molecule has 0 aliphatic carbocycles. The first-order chi connectivity index (χ1) is 8.74. The molecule has 1 nitrogen and oxygen atoms in total. The molecule has 2 aromatic rings. The molecule has 0 spiro atoms. The lowest BCUT2D eigenvalue weighted by Gasteiger charge is -2.02. The largest absolute Gasteiger partial charge is 0.298 e. The Bertz CT molecular complexity index is 525. The summed E-state index contributed by atoms with van der Waals surface area (Å²) in [5.41, 5.74) is 1.06. The van der Waals surface area contributed by atoms with Crippen molar-refractivity contribution in [3.63, 3.8) is 0 Å². The van der Waals surface area contributed by atoms with Crippen molar-refractivity contribution in [1.82, 2.24) is 0 Å². The molecule has 18 heavy (non-hydrogen) atoms. The van der Waals surface area contributed by atoms with Crippen LogP contribution in [0.5, 0.6) is 0 Å². The Hall–Kier alpha value is -1.06. The van der Waals surface area contributed by atoms with E-state index in [1.54, 1.807) is 11.8 Å². The summed E-state index contributed by atoms with van der Waals surface area (Å²) in [7, 11) is 0. The third-order valence-corrected chi connectivity index (χ3v) is 4.00. The van der Waals surface area contributed by atoms with E-state index in [0.717, 1.165) is 14.9 Å². The number of benzene rings is 2. The van der Waals surface area contributed by atoms with Gasteiger partial charge in [0.1, 0.15) is 5.78 Å². The maximum absolute atomic E-state index is 11.9. The van der Waals surface area contributed by atoms with Gasteiger partial charge in [0, 0.05) is 15.8 Å². The molecule has 0 unspecified atom stereocenters. The van der Waals surface area contributed by atoms with Crippen LogP contribution in [-0.4, -0.2) is 11.5 Å². The molecule has 0 bridgehead atoms. The zero-order valence-electron chi connectivity index (χ0n) is 9.80. The van der Waals surface area contributed by atoms with E-state index in [4.69, 9.17) is 0 Å². The summed E-state index contributed by atoms with van der Waals surface area (Å²) < 4.78 is 1.02. The molecule has 2 rings (SSSR count). The summed E-state index contributed by atoms with van der Waals surface area (Å²) in [4.78, 5) is 13.0. The number of hydrogen-bond donors (Lipinski definition) is 0. The first kappa shape index (κ1) is 13.4. The van der Waals surface area contributed by atoms with Gasteiger partial charge in [-0.15, -0.1) is 11.8 Å². The number of thioether (sulfide) groups is 1. The highest BCUT2D eigenvalue weighted by molar-refractivity contribution is 9.10. The molecule has 2 aromatic carbocycles. The molecule has 0 heterocycles. The van der Waals surface area contributed by atoms with Crippen molar-refractivity contribution in [2.45, 2.75) is 11.3 Å². The van der Waals surface area contributed by atoms with Crippen LogP contribution in [0.3, 0.4) is 0 Å². The standard InChI is InChI=1S/C15H13BrOS/c16-13-6-4-5-12(9-13)10-14(17)11-18-15-7-2-1-3-8-15/h1-9H,10-11H2. The summed E-state index contributed by atoms with van der Waals surface area (Å²) in [6.07, 6.45) is 0.499. The topological polar surface area (TPSA) is 17.1 Å². The number of halogens is 1. The van der Waals surface area contributed by atoms with Crippen LogP contribution in [0.2, 0.25) is 0 Å². The maximum atomic E-state index is 11.9. The van der Waals surface area contributed by atoms with Crippen LogP contribution >= 0.6 is 27.7 Å². The number of Topliss-reactive ketones (excluding diaryl/α,β-unsaturated/α-hetero) is 1. The highest BCUT2D eigenvalue weighted by Crippen LogP contribution is 2.18. The van der Waals surface area contributed by atoms with Crippen LogP contribution in [0.1, 0.15) is 5.56 Å². The predicted molar refractivity (Wildman–Crippen MR) is 80.0 cm³/mol. The van der Waals surface area contributed by atoms with Crippen LogP contribution in [0.4, 0.5) is 0 Å². The molecule has 0 atom stereocenters. The van der Waals surface area contributed by atoms with Crippen LogP contribution in [0.15, 0.2) is 64.0 Å². The van der Waals surface area contributed by atoms with Gasteiger partial charge in [-0.25, -0.2) is 0 Å². The minimum Gasteiger partial charge on any atom is -0.298 e. The average Bonchev–Trinajstić information content (AvgIpc) is 2.38. The number of carbonyl (C=O) groups is 1. The molecule has 0 saturated carbocycles. The van der Waals surface area contributed by atoms with E-state index >= 15 is 0 Å². The monoisotopic (exact) mass is 320 g/mol. The normalized spacial score (nSPS) is 10.3. The molecule has 92 valence electrons. The number of carbonyl (C=O) groups excluding carboxylic acids is 1. The van der Waals surface area contributed by atoms with Gasteiger partial charge >= 0.3 is 0 Å². The van der Waals surface area contributed by atoms with Crippen LogP contribution in [-0.2, 0) is 11.2 Å². The Morgan fingerprint density at radius 3 is 2.56 bits per heavy atom. The van der Waals surface area contributed by atoms with Gasteiger partial charge < -0.3 is 0 Å². The van der Waals surface area contributed by atoms with Gasteiger partial charge in [0.15, 0.2) is 0 Å². The Labute approximate surface area is 120 Å². The summed E-state index contributed by atoms with van der Waals surface area (Å²) in [6, 6.07) is 17.9.